The van der Waals surface area contributed by atoms with E-state index in [0.29, 0.717) is 11.3 Å². The maximum absolute atomic E-state index is 12.5. The zero-order valence-electron chi connectivity index (χ0n) is 12.1. The second kappa shape index (κ2) is 5.49. The van der Waals surface area contributed by atoms with E-state index in [4.69, 9.17) is 9.15 Å². The second-order valence-corrected chi connectivity index (χ2v) is 4.93. The summed E-state index contributed by atoms with van der Waals surface area (Å²) in [7, 11) is 0. The number of hydrogen-bond acceptors (Lipinski definition) is 6. The van der Waals surface area contributed by atoms with Crippen LogP contribution in [0, 0.1) is 0 Å². The summed E-state index contributed by atoms with van der Waals surface area (Å²) in [6.07, 6.45) is 1.25. The molecule has 0 amide bonds. The Labute approximate surface area is 130 Å². The van der Waals surface area contributed by atoms with E-state index in [-0.39, 0.29) is 28.0 Å². The van der Waals surface area contributed by atoms with Gasteiger partial charge in [-0.3, -0.25) is 9.59 Å². The maximum atomic E-state index is 12.5. The topological polar surface area (TPSA) is 97.0 Å². The van der Waals surface area contributed by atoms with E-state index in [1.165, 1.54) is 19.3 Å². The van der Waals surface area contributed by atoms with Gasteiger partial charge in [0.2, 0.25) is 5.43 Å². The summed E-state index contributed by atoms with van der Waals surface area (Å²) in [6, 6.07) is 8.65. The number of phenolic OH excluding ortho intramolecular Hbond substituents is 2. The first-order valence-corrected chi connectivity index (χ1v) is 6.72. The highest BCUT2D eigenvalue weighted by Crippen LogP contribution is 2.30. The summed E-state index contributed by atoms with van der Waals surface area (Å²) in [5.74, 6) is -0.629. The minimum absolute atomic E-state index is 0.00985. The molecule has 0 fully saturated rings. The maximum Gasteiger partial charge on any atom is 0.308 e. The molecule has 0 radical (unpaired) electrons. The molecule has 0 bridgehead atoms. The summed E-state index contributed by atoms with van der Waals surface area (Å²) < 4.78 is 10.3. The number of fused-ring (bicyclic) bond motifs is 1. The molecule has 0 aliphatic heterocycles. The Kier molecular flexibility index (Phi) is 3.50. The number of esters is 1. The molecule has 6 heteroatoms. The van der Waals surface area contributed by atoms with Gasteiger partial charge in [0.1, 0.15) is 34.5 Å². The lowest BCUT2D eigenvalue weighted by Crippen LogP contribution is -2.05. The highest BCUT2D eigenvalue weighted by molar-refractivity contribution is 5.88. The first kappa shape index (κ1) is 14.6. The van der Waals surface area contributed by atoms with Crippen LogP contribution in [-0.2, 0) is 4.79 Å². The molecule has 3 aromatic rings. The largest absolute Gasteiger partial charge is 0.508 e. The summed E-state index contributed by atoms with van der Waals surface area (Å²) in [5, 5.41) is 19.3. The lowest BCUT2D eigenvalue weighted by atomic mass is 10.0. The molecule has 1 heterocycles. The van der Waals surface area contributed by atoms with Crippen molar-refractivity contribution in [2.24, 2.45) is 0 Å². The van der Waals surface area contributed by atoms with Crippen molar-refractivity contribution in [3.8, 4) is 28.4 Å². The van der Waals surface area contributed by atoms with Gasteiger partial charge >= 0.3 is 5.97 Å². The Morgan fingerprint density at radius 3 is 2.48 bits per heavy atom. The Bertz CT molecular complexity index is 953. The monoisotopic (exact) mass is 312 g/mol. The number of phenols is 2. The predicted molar refractivity (Wildman–Crippen MR) is 82.6 cm³/mol. The highest BCUT2D eigenvalue weighted by Gasteiger charge is 2.14. The number of carbonyl (C=O) groups excluding carboxylic acids is 1. The summed E-state index contributed by atoms with van der Waals surface area (Å²) >= 11 is 0. The van der Waals surface area contributed by atoms with Crippen LogP contribution in [0.4, 0.5) is 0 Å². The molecule has 116 valence electrons. The zero-order valence-corrected chi connectivity index (χ0v) is 12.1. The van der Waals surface area contributed by atoms with Crippen LogP contribution in [0.3, 0.4) is 0 Å². The fraction of sp³-hybridized carbons (Fsp3) is 0.0588. The Hall–Kier alpha value is -3.28. The normalized spacial score (nSPS) is 10.7. The third-order valence-corrected chi connectivity index (χ3v) is 3.27. The van der Waals surface area contributed by atoms with Gasteiger partial charge < -0.3 is 19.4 Å². The molecule has 1 aromatic heterocycles. The number of hydrogen-bond donors (Lipinski definition) is 2. The molecule has 0 atom stereocenters. The zero-order chi connectivity index (χ0) is 16.6. The van der Waals surface area contributed by atoms with Gasteiger partial charge in [0.15, 0.2) is 0 Å². The van der Waals surface area contributed by atoms with E-state index < -0.39 is 11.4 Å². The number of rotatable bonds is 2. The average Bonchev–Trinajstić information content (AvgIpc) is 2.47. The van der Waals surface area contributed by atoms with Crippen LogP contribution in [0.5, 0.6) is 17.2 Å². The molecule has 0 aliphatic rings. The number of aromatic hydroxyl groups is 2. The molecule has 0 spiro atoms. The fourth-order valence-electron chi connectivity index (χ4n) is 2.29. The molecular weight excluding hydrogens is 300 g/mol. The average molecular weight is 312 g/mol. The number of ether oxygens (including phenoxy) is 1. The van der Waals surface area contributed by atoms with Gasteiger partial charge in [0.05, 0.1) is 5.56 Å². The Morgan fingerprint density at radius 1 is 1.13 bits per heavy atom. The first-order chi connectivity index (χ1) is 11.0. The van der Waals surface area contributed by atoms with E-state index in [1.807, 2.05) is 0 Å². The van der Waals surface area contributed by atoms with Crippen molar-refractivity contribution < 1.29 is 24.2 Å². The van der Waals surface area contributed by atoms with Crippen molar-refractivity contribution in [1.82, 2.24) is 0 Å². The van der Waals surface area contributed by atoms with Gasteiger partial charge in [-0.15, -0.1) is 0 Å². The van der Waals surface area contributed by atoms with Gasteiger partial charge in [0.25, 0.3) is 0 Å². The lowest BCUT2D eigenvalue weighted by molar-refractivity contribution is -0.131. The highest BCUT2D eigenvalue weighted by atomic mass is 16.5. The van der Waals surface area contributed by atoms with Crippen LogP contribution in [-0.4, -0.2) is 16.2 Å². The van der Waals surface area contributed by atoms with Crippen LogP contribution in [0.25, 0.3) is 22.1 Å². The van der Waals surface area contributed by atoms with Crippen LogP contribution in [0.15, 0.2) is 51.9 Å². The molecule has 23 heavy (non-hydrogen) atoms. The smallest absolute Gasteiger partial charge is 0.308 e. The van der Waals surface area contributed by atoms with Crippen molar-refractivity contribution >= 4 is 16.9 Å². The van der Waals surface area contributed by atoms with E-state index in [1.54, 1.807) is 24.3 Å². The molecular formula is C17H12O6. The standard InChI is InChI=1S/C17H12O6/c1-9(18)23-12-4-2-10(3-5-12)13-8-22-15-7-11(19)6-14(20)16(15)17(13)21/h2-8,19-20H,1H3. The molecule has 0 unspecified atom stereocenters. The van der Waals surface area contributed by atoms with Crippen LogP contribution < -0.4 is 10.2 Å². The van der Waals surface area contributed by atoms with E-state index in [9.17, 15) is 19.8 Å². The first-order valence-electron chi connectivity index (χ1n) is 6.72. The van der Waals surface area contributed by atoms with Crippen molar-refractivity contribution in [2.75, 3.05) is 0 Å². The van der Waals surface area contributed by atoms with E-state index in [0.717, 1.165) is 6.07 Å². The van der Waals surface area contributed by atoms with Crippen LogP contribution in [0.1, 0.15) is 6.92 Å². The molecule has 0 saturated carbocycles. The SMILES string of the molecule is CC(=O)Oc1ccc(-c2coc3cc(O)cc(O)c3c2=O)cc1. The predicted octanol–water partition coefficient (Wildman–Crippen LogP) is 2.80. The number of benzene rings is 2. The van der Waals surface area contributed by atoms with E-state index >= 15 is 0 Å². The van der Waals surface area contributed by atoms with Gasteiger partial charge in [-0.05, 0) is 17.7 Å². The number of carbonyl (C=O) groups is 1. The van der Waals surface area contributed by atoms with E-state index in [2.05, 4.69) is 0 Å². The summed E-state index contributed by atoms with van der Waals surface area (Å²) in [6.45, 7) is 1.30. The van der Waals surface area contributed by atoms with Crippen LogP contribution >= 0.6 is 0 Å². The summed E-state index contributed by atoms with van der Waals surface area (Å²) in [4.78, 5) is 23.4. The minimum atomic E-state index is -0.437. The molecule has 0 saturated heterocycles. The van der Waals surface area contributed by atoms with Gasteiger partial charge in [-0.1, -0.05) is 12.1 Å². The molecule has 0 aliphatic carbocycles. The second-order valence-electron chi connectivity index (χ2n) is 4.93. The van der Waals surface area contributed by atoms with Crippen molar-refractivity contribution in [1.29, 1.82) is 0 Å². The third kappa shape index (κ3) is 2.74. The van der Waals surface area contributed by atoms with Crippen molar-refractivity contribution in [2.45, 2.75) is 6.92 Å². The Morgan fingerprint density at radius 2 is 1.83 bits per heavy atom. The molecule has 2 aromatic carbocycles. The van der Waals surface area contributed by atoms with Crippen molar-refractivity contribution in [3.05, 3.63) is 52.9 Å². The molecule has 2 N–H and O–H groups in total. The summed E-state index contributed by atoms with van der Waals surface area (Å²) in [5.41, 5.74) is 0.452. The van der Waals surface area contributed by atoms with Crippen molar-refractivity contribution in [3.63, 3.8) is 0 Å². The van der Waals surface area contributed by atoms with Gasteiger partial charge in [-0.2, -0.15) is 0 Å². The minimum Gasteiger partial charge on any atom is -0.508 e. The third-order valence-electron chi connectivity index (χ3n) is 3.27. The van der Waals surface area contributed by atoms with Gasteiger partial charge in [0, 0.05) is 19.1 Å². The molecule has 3 rings (SSSR count). The fourth-order valence-corrected chi connectivity index (χ4v) is 2.29. The molecule has 6 nitrogen and oxygen atoms in total. The lowest BCUT2D eigenvalue weighted by Gasteiger charge is -2.06. The van der Waals surface area contributed by atoms with Gasteiger partial charge in [-0.25, -0.2) is 0 Å². The quantitative estimate of drug-likeness (QED) is 0.558. The van der Waals surface area contributed by atoms with Crippen LogP contribution in [0.2, 0.25) is 0 Å². The Balaban J connectivity index is 2.12.